The van der Waals surface area contributed by atoms with Gasteiger partial charge in [0.15, 0.2) is 0 Å². The SMILES string of the molecule is O=C(Nc1ccc(O)cc1F)c1cncc(Br)c1. The number of phenols is 1. The van der Waals surface area contributed by atoms with E-state index in [0.717, 1.165) is 6.07 Å². The van der Waals surface area contributed by atoms with Crippen LogP contribution >= 0.6 is 15.9 Å². The largest absolute Gasteiger partial charge is 0.508 e. The molecule has 1 heterocycles. The van der Waals surface area contributed by atoms with Crippen LogP contribution in [0.3, 0.4) is 0 Å². The van der Waals surface area contributed by atoms with E-state index in [-0.39, 0.29) is 11.4 Å². The van der Waals surface area contributed by atoms with Gasteiger partial charge in [-0.2, -0.15) is 0 Å². The first kappa shape index (κ1) is 12.5. The van der Waals surface area contributed by atoms with Crippen LogP contribution in [0.4, 0.5) is 10.1 Å². The van der Waals surface area contributed by atoms with Crippen molar-refractivity contribution in [3.05, 3.63) is 52.5 Å². The second kappa shape index (κ2) is 5.14. The Bertz CT molecular complexity index is 604. The predicted molar refractivity (Wildman–Crippen MR) is 68.0 cm³/mol. The lowest BCUT2D eigenvalue weighted by atomic mass is 10.2. The van der Waals surface area contributed by atoms with E-state index in [4.69, 9.17) is 5.11 Å². The Kier molecular flexibility index (Phi) is 3.57. The third kappa shape index (κ3) is 2.84. The molecule has 0 saturated carbocycles. The van der Waals surface area contributed by atoms with Gasteiger partial charge in [-0.25, -0.2) is 4.39 Å². The molecule has 18 heavy (non-hydrogen) atoms. The van der Waals surface area contributed by atoms with E-state index >= 15 is 0 Å². The number of hydrogen-bond acceptors (Lipinski definition) is 3. The molecule has 0 atom stereocenters. The summed E-state index contributed by atoms with van der Waals surface area (Å²) in [6.07, 6.45) is 2.91. The molecule has 92 valence electrons. The first-order valence-electron chi connectivity index (χ1n) is 4.96. The van der Waals surface area contributed by atoms with Gasteiger partial charge in [-0.3, -0.25) is 9.78 Å². The van der Waals surface area contributed by atoms with Crippen molar-refractivity contribution in [2.45, 2.75) is 0 Å². The standard InChI is InChI=1S/C12H8BrFN2O2/c13-8-3-7(5-15-6-8)12(18)16-11-2-1-9(17)4-10(11)14/h1-6,17H,(H,16,18). The van der Waals surface area contributed by atoms with Crippen molar-refractivity contribution in [1.82, 2.24) is 4.98 Å². The zero-order valence-corrected chi connectivity index (χ0v) is 10.6. The van der Waals surface area contributed by atoms with Gasteiger partial charge >= 0.3 is 0 Å². The Morgan fingerprint density at radius 1 is 1.33 bits per heavy atom. The molecule has 0 aliphatic carbocycles. The van der Waals surface area contributed by atoms with Crippen molar-refractivity contribution >= 4 is 27.5 Å². The minimum absolute atomic E-state index is 0.00206. The average Bonchev–Trinajstić information content (AvgIpc) is 2.32. The lowest BCUT2D eigenvalue weighted by molar-refractivity contribution is 0.102. The van der Waals surface area contributed by atoms with Crippen molar-refractivity contribution in [3.63, 3.8) is 0 Å². The molecule has 0 spiro atoms. The molecular weight excluding hydrogens is 303 g/mol. The van der Waals surface area contributed by atoms with E-state index in [9.17, 15) is 9.18 Å². The van der Waals surface area contributed by atoms with Gasteiger partial charge < -0.3 is 10.4 Å². The molecule has 6 heteroatoms. The number of amides is 1. The number of pyridine rings is 1. The van der Waals surface area contributed by atoms with Crippen LogP contribution in [0.15, 0.2) is 41.1 Å². The summed E-state index contributed by atoms with van der Waals surface area (Å²) in [6.45, 7) is 0. The van der Waals surface area contributed by atoms with Crippen molar-refractivity contribution < 1.29 is 14.3 Å². The Morgan fingerprint density at radius 2 is 2.11 bits per heavy atom. The minimum atomic E-state index is -0.702. The summed E-state index contributed by atoms with van der Waals surface area (Å²) in [5.41, 5.74) is 0.301. The summed E-state index contributed by atoms with van der Waals surface area (Å²) < 4.78 is 14.1. The van der Waals surface area contributed by atoms with Gasteiger partial charge in [0.05, 0.1) is 11.3 Å². The Balaban J connectivity index is 2.21. The van der Waals surface area contributed by atoms with Crippen LogP contribution in [-0.2, 0) is 0 Å². The van der Waals surface area contributed by atoms with E-state index in [1.165, 1.54) is 24.5 Å². The van der Waals surface area contributed by atoms with Crippen molar-refractivity contribution in [2.24, 2.45) is 0 Å². The zero-order valence-electron chi connectivity index (χ0n) is 9.02. The number of rotatable bonds is 2. The predicted octanol–water partition coefficient (Wildman–Crippen LogP) is 2.94. The topological polar surface area (TPSA) is 62.2 Å². The number of carbonyl (C=O) groups excluding carboxylic acids is 1. The van der Waals surface area contributed by atoms with Crippen LogP contribution in [0.25, 0.3) is 0 Å². The summed E-state index contributed by atoms with van der Waals surface area (Å²) >= 11 is 3.19. The summed E-state index contributed by atoms with van der Waals surface area (Å²) in [4.78, 5) is 15.6. The molecule has 1 aromatic carbocycles. The maximum absolute atomic E-state index is 13.4. The third-order valence-corrected chi connectivity index (χ3v) is 2.60. The highest BCUT2D eigenvalue weighted by Gasteiger charge is 2.10. The zero-order chi connectivity index (χ0) is 13.1. The number of benzene rings is 1. The van der Waals surface area contributed by atoms with Crippen LogP contribution in [0, 0.1) is 5.82 Å². The fraction of sp³-hybridized carbons (Fsp3) is 0. The van der Waals surface area contributed by atoms with Crippen LogP contribution < -0.4 is 5.32 Å². The second-order valence-electron chi connectivity index (χ2n) is 3.51. The van der Waals surface area contributed by atoms with Gasteiger partial charge in [0.1, 0.15) is 11.6 Å². The van der Waals surface area contributed by atoms with E-state index < -0.39 is 11.7 Å². The number of anilines is 1. The summed E-state index contributed by atoms with van der Waals surface area (Å²) in [7, 11) is 0. The van der Waals surface area contributed by atoms with E-state index in [0.29, 0.717) is 10.0 Å². The van der Waals surface area contributed by atoms with Crippen molar-refractivity contribution in [2.75, 3.05) is 5.32 Å². The maximum Gasteiger partial charge on any atom is 0.257 e. The van der Waals surface area contributed by atoms with Gasteiger partial charge in [0.2, 0.25) is 0 Å². The second-order valence-corrected chi connectivity index (χ2v) is 4.43. The summed E-state index contributed by atoms with van der Waals surface area (Å²) in [6, 6.07) is 5.07. The first-order valence-corrected chi connectivity index (χ1v) is 5.76. The van der Waals surface area contributed by atoms with Crippen LogP contribution in [0.2, 0.25) is 0 Å². The molecule has 0 bridgehead atoms. The molecule has 2 rings (SSSR count). The van der Waals surface area contributed by atoms with Crippen molar-refractivity contribution in [3.8, 4) is 5.75 Å². The molecule has 0 aliphatic heterocycles. The van der Waals surface area contributed by atoms with Gasteiger partial charge in [0, 0.05) is 22.9 Å². The van der Waals surface area contributed by atoms with E-state index in [1.54, 1.807) is 6.07 Å². The molecule has 0 aliphatic rings. The molecule has 1 amide bonds. The number of halogens is 2. The molecule has 0 saturated heterocycles. The Hall–Kier alpha value is -1.95. The van der Waals surface area contributed by atoms with Gasteiger partial charge in [0.25, 0.3) is 5.91 Å². The highest BCUT2D eigenvalue weighted by molar-refractivity contribution is 9.10. The van der Waals surface area contributed by atoms with Gasteiger partial charge in [-0.1, -0.05) is 0 Å². The number of aromatic nitrogens is 1. The number of carbonyl (C=O) groups is 1. The van der Waals surface area contributed by atoms with Crippen molar-refractivity contribution in [1.29, 1.82) is 0 Å². The molecule has 0 fully saturated rings. The molecule has 0 radical (unpaired) electrons. The molecule has 2 aromatic rings. The average molecular weight is 311 g/mol. The molecule has 4 nitrogen and oxygen atoms in total. The van der Waals surface area contributed by atoms with E-state index in [2.05, 4.69) is 26.2 Å². The molecule has 2 N–H and O–H groups in total. The Morgan fingerprint density at radius 3 is 2.78 bits per heavy atom. The summed E-state index contributed by atoms with van der Waals surface area (Å²) in [5, 5.41) is 11.5. The minimum Gasteiger partial charge on any atom is -0.508 e. The number of nitrogens with one attached hydrogen (secondary N) is 1. The lowest BCUT2D eigenvalue weighted by Crippen LogP contribution is -2.13. The number of hydrogen-bond donors (Lipinski definition) is 2. The first-order chi connectivity index (χ1) is 8.56. The highest BCUT2D eigenvalue weighted by atomic mass is 79.9. The fourth-order valence-corrected chi connectivity index (χ4v) is 1.70. The normalized spacial score (nSPS) is 10.1. The molecule has 0 unspecified atom stereocenters. The molecular formula is C12H8BrFN2O2. The highest BCUT2D eigenvalue weighted by Crippen LogP contribution is 2.20. The van der Waals surface area contributed by atoms with Crippen LogP contribution in [0.1, 0.15) is 10.4 Å². The smallest absolute Gasteiger partial charge is 0.257 e. The summed E-state index contributed by atoms with van der Waals surface area (Å²) in [5.74, 6) is -1.38. The van der Waals surface area contributed by atoms with Crippen LogP contribution in [-0.4, -0.2) is 16.0 Å². The third-order valence-electron chi connectivity index (χ3n) is 2.17. The number of phenolic OH excluding ortho intramolecular Hbond substituents is 1. The van der Waals surface area contributed by atoms with Gasteiger partial charge in [-0.05, 0) is 34.1 Å². The lowest BCUT2D eigenvalue weighted by Gasteiger charge is -2.06. The van der Waals surface area contributed by atoms with Gasteiger partial charge in [-0.15, -0.1) is 0 Å². The van der Waals surface area contributed by atoms with Crippen LogP contribution in [0.5, 0.6) is 5.75 Å². The quantitative estimate of drug-likeness (QED) is 0.838. The number of aromatic hydroxyl groups is 1. The molecule has 1 aromatic heterocycles. The maximum atomic E-state index is 13.4. The van der Waals surface area contributed by atoms with E-state index in [1.807, 2.05) is 0 Å². The Labute approximate surface area is 111 Å². The number of nitrogens with zero attached hydrogens (tertiary/aromatic N) is 1. The monoisotopic (exact) mass is 310 g/mol. The fourth-order valence-electron chi connectivity index (χ4n) is 1.34.